The number of allylic oxidation sites excluding steroid dienone is 1. The lowest BCUT2D eigenvalue weighted by atomic mass is 10.1. The molecule has 1 nitrogen and oxygen atoms in total. The van der Waals surface area contributed by atoms with Gasteiger partial charge in [-0.25, -0.2) is 0 Å². The zero-order chi connectivity index (χ0) is 9.68. The van der Waals surface area contributed by atoms with E-state index >= 15 is 0 Å². The fraction of sp³-hybridized carbons (Fsp3) is 0.333. The molecule has 1 aromatic carbocycles. The predicted octanol–water partition coefficient (Wildman–Crippen LogP) is 2.78. The fourth-order valence-corrected chi connectivity index (χ4v) is 1.36. The molecule has 0 fully saturated rings. The Morgan fingerprint density at radius 2 is 1.92 bits per heavy atom. The van der Waals surface area contributed by atoms with Crippen molar-refractivity contribution in [3.8, 4) is 0 Å². The highest BCUT2D eigenvalue weighted by molar-refractivity contribution is 5.53. The summed E-state index contributed by atoms with van der Waals surface area (Å²) in [6.45, 7) is 3.05. The van der Waals surface area contributed by atoms with Crippen molar-refractivity contribution in [3.63, 3.8) is 0 Å². The van der Waals surface area contributed by atoms with Crippen LogP contribution in [0.15, 0.2) is 30.3 Å². The van der Waals surface area contributed by atoms with E-state index in [1.807, 2.05) is 6.92 Å². The van der Waals surface area contributed by atoms with E-state index in [4.69, 9.17) is 0 Å². The summed E-state index contributed by atoms with van der Waals surface area (Å²) in [6.07, 6.45) is 4.23. The van der Waals surface area contributed by atoms with Gasteiger partial charge < -0.3 is 4.90 Å². The molecule has 0 aliphatic rings. The van der Waals surface area contributed by atoms with Crippen LogP contribution in [0.3, 0.4) is 0 Å². The summed E-state index contributed by atoms with van der Waals surface area (Å²) in [7, 11) is 4.18. The fourth-order valence-electron chi connectivity index (χ4n) is 1.36. The highest BCUT2D eigenvalue weighted by Gasteiger charge is 1.98. The van der Waals surface area contributed by atoms with E-state index in [1.54, 1.807) is 0 Å². The maximum Gasteiger partial charge on any atom is 0.0233 e. The minimum Gasteiger partial charge on any atom is -0.305 e. The molecule has 0 unspecified atom stereocenters. The van der Waals surface area contributed by atoms with Crippen molar-refractivity contribution in [2.45, 2.75) is 13.5 Å². The normalized spacial score (nSPS) is 11.4. The summed E-state index contributed by atoms with van der Waals surface area (Å²) < 4.78 is 0. The molecule has 0 radical (unpaired) electrons. The quantitative estimate of drug-likeness (QED) is 0.682. The van der Waals surface area contributed by atoms with E-state index in [2.05, 4.69) is 55.4 Å². The lowest BCUT2D eigenvalue weighted by Crippen LogP contribution is -2.11. The molecule has 0 spiro atoms. The second-order valence-electron chi connectivity index (χ2n) is 3.44. The molecular formula is C12H17N. The molecule has 0 atom stereocenters. The van der Waals surface area contributed by atoms with Crippen molar-refractivity contribution >= 4 is 6.08 Å². The van der Waals surface area contributed by atoms with Crippen LogP contribution in [0.2, 0.25) is 0 Å². The van der Waals surface area contributed by atoms with Gasteiger partial charge in [-0.2, -0.15) is 0 Å². The molecular weight excluding hydrogens is 158 g/mol. The minimum atomic E-state index is 1.00. The van der Waals surface area contributed by atoms with E-state index in [-0.39, 0.29) is 0 Å². The van der Waals surface area contributed by atoms with Gasteiger partial charge in [-0.3, -0.25) is 0 Å². The molecule has 70 valence electrons. The number of rotatable bonds is 3. The third-order valence-corrected chi connectivity index (χ3v) is 1.89. The van der Waals surface area contributed by atoms with Crippen LogP contribution < -0.4 is 0 Å². The molecule has 0 saturated carbocycles. The van der Waals surface area contributed by atoms with E-state index in [0.29, 0.717) is 0 Å². The Balaban J connectivity index is 2.90. The van der Waals surface area contributed by atoms with Gasteiger partial charge in [0.15, 0.2) is 0 Å². The van der Waals surface area contributed by atoms with Crippen molar-refractivity contribution in [1.29, 1.82) is 0 Å². The van der Waals surface area contributed by atoms with Crippen LogP contribution in [0.25, 0.3) is 6.08 Å². The second kappa shape index (κ2) is 4.83. The number of benzene rings is 1. The van der Waals surface area contributed by atoms with Crippen molar-refractivity contribution in [1.82, 2.24) is 4.90 Å². The molecule has 13 heavy (non-hydrogen) atoms. The van der Waals surface area contributed by atoms with Crippen LogP contribution in [-0.2, 0) is 6.54 Å². The average Bonchev–Trinajstić information content (AvgIpc) is 2.08. The SMILES string of the molecule is C/C=C/c1ccccc1CN(C)C. The van der Waals surface area contributed by atoms with Gasteiger partial charge in [0.1, 0.15) is 0 Å². The Bertz CT molecular complexity index is 287. The first-order valence-corrected chi connectivity index (χ1v) is 4.59. The zero-order valence-corrected chi connectivity index (χ0v) is 8.62. The molecule has 1 rings (SSSR count). The van der Waals surface area contributed by atoms with Gasteiger partial charge in [0.05, 0.1) is 0 Å². The minimum absolute atomic E-state index is 1.00. The van der Waals surface area contributed by atoms with E-state index in [0.717, 1.165) is 6.54 Å². The van der Waals surface area contributed by atoms with Gasteiger partial charge in [-0.05, 0) is 32.1 Å². The highest BCUT2D eigenvalue weighted by atomic mass is 15.0. The summed E-state index contributed by atoms with van der Waals surface area (Å²) in [5, 5.41) is 0. The maximum atomic E-state index is 2.18. The van der Waals surface area contributed by atoms with Gasteiger partial charge in [-0.15, -0.1) is 0 Å². The molecule has 0 bridgehead atoms. The van der Waals surface area contributed by atoms with Gasteiger partial charge in [0, 0.05) is 6.54 Å². The lowest BCUT2D eigenvalue weighted by Gasteiger charge is -2.11. The smallest absolute Gasteiger partial charge is 0.0233 e. The number of nitrogens with zero attached hydrogens (tertiary/aromatic N) is 1. The monoisotopic (exact) mass is 175 g/mol. The van der Waals surface area contributed by atoms with Crippen LogP contribution in [0.4, 0.5) is 0 Å². The van der Waals surface area contributed by atoms with Crippen LogP contribution in [-0.4, -0.2) is 19.0 Å². The van der Waals surface area contributed by atoms with Gasteiger partial charge in [-0.1, -0.05) is 36.4 Å². The average molecular weight is 175 g/mol. The first-order valence-electron chi connectivity index (χ1n) is 4.59. The Morgan fingerprint density at radius 3 is 2.54 bits per heavy atom. The Hall–Kier alpha value is -1.08. The molecule has 0 N–H and O–H groups in total. The van der Waals surface area contributed by atoms with Gasteiger partial charge in [0.2, 0.25) is 0 Å². The first-order chi connectivity index (χ1) is 6.24. The molecule has 0 saturated heterocycles. The Morgan fingerprint density at radius 1 is 1.23 bits per heavy atom. The molecule has 1 heteroatoms. The van der Waals surface area contributed by atoms with E-state index < -0.39 is 0 Å². The molecule has 0 heterocycles. The summed E-state index contributed by atoms with van der Waals surface area (Å²) >= 11 is 0. The van der Waals surface area contributed by atoms with E-state index in [9.17, 15) is 0 Å². The first kappa shape index (κ1) is 10.0. The molecule has 0 aliphatic carbocycles. The third kappa shape index (κ3) is 3.03. The van der Waals surface area contributed by atoms with Crippen molar-refractivity contribution in [2.75, 3.05) is 14.1 Å². The Kier molecular flexibility index (Phi) is 3.71. The molecule has 0 aliphatic heterocycles. The van der Waals surface area contributed by atoms with Crippen LogP contribution in [0.5, 0.6) is 0 Å². The summed E-state index contributed by atoms with van der Waals surface area (Å²) in [5.74, 6) is 0. The molecule has 1 aromatic rings. The van der Waals surface area contributed by atoms with Gasteiger partial charge in [0.25, 0.3) is 0 Å². The van der Waals surface area contributed by atoms with Gasteiger partial charge >= 0.3 is 0 Å². The van der Waals surface area contributed by atoms with Crippen molar-refractivity contribution in [3.05, 3.63) is 41.5 Å². The number of hydrogen-bond acceptors (Lipinski definition) is 1. The standard InChI is InChI=1S/C12H17N/c1-4-7-11-8-5-6-9-12(11)10-13(2)3/h4-9H,10H2,1-3H3/b7-4+. The summed E-state index contributed by atoms with van der Waals surface area (Å²) in [5.41, 5.74) is 2.70. The second-order valence-corrected chi connectivity index (χ2v) is 3.44. The maximum absolute atomic E-state index is 2.18. The van der Waals surface area contributed by atoms with E-state index in [1.165, 1.54) is 11.1 Å². The topological polar surface area (TPSA) is 3.24 Å². The van der Waals surface area contributed by atoms with Crippen LogP contribution >= 0.6 is 0 Å². The van der Waals surface area contributed by atoms with Crippen molar-refractivity contribution in [2.24, 2.45) is 0 Å². The zero-order valence-electron chi connectivity index (χ0n) is 8.62. The Labute approximate surface area is 80.7 Å². The van der Waals surface area contributed by atoms with Crippen LogP contribution in [0.1, 0.15) is 18.1 Å². The summed E-state index contributed by atoms with van der Waals surface area (Å²) in [6, 6.07) is 8.49. The highest BCUT2D eigenvalue weighted by Crippen LogP contribution is 2.11. The third-order valence-electron chi connectivity index (χ3n) is 1.89. The van der Waals surface area contributed by atoms with Crippen molar-refractivity contribution < 1.29 is 0 Å². The molecule has 0 amide bonds. The predicted molar refractivity (Wildman–Crippen MR) is 58.5 cm³/mol. The molecule has 0 aromatic heterocycles. The summed E-state index contributed by atoms with van der Waals surface area (Å²) in [4.78, 5) is 2.18. The largest absolute Gasteiger partial charge is 0.305 e. The number of hydrogen-bond donors (Lipinski definition) is 0. The lowest BCUT2D eigenvalue weighted by molar-refractivity contribution is 0.402. The van der Waals surface area contributed by atoms with Crippen LogP contribution in [0, 0.1) is 0 Å².